The van der Waals surface area contributed by atoms with Gasteiger partial charge in [0, 0.05) is 31.2 Å². The maximum atomic E-state index is 12.4. The van der Waals surface area contributed by atoms with Gasteiger partial charge in [-0.3, -0.25) is 4.79 Å². The van der Waals surface area contributed by atoms with E-state index in [0.717, 1.165) is 50.2 Å². The molecule has 0 aromatic heterocycles. The molecule has 136 valence electrons. The molecule has 1 saturated carbocycles. The molecule has 2 heterocycles. The molecule has 1 amide bonds. The molecule has 1 aromatic carbocycles. The number of nitrogens with one attached hydrogen (secondary N) is 1. The van der Waals surface area contributed by atoms with E-state index in [1.165, 1.54) is 6.42 Å². The van der Waals surface area contributed by atoms with Crippen molar-refractivity contribution >= 4 is 5.91 Å². The summed E-state index contributed by atoms with van der Waals surface area (Å²) in [5, 5.41) is 3.17. The van der Waals surface area contributed by atoms with E-state index in [9.17, 15) is 4.79 Å². The van der Waals surface area contributed by atoms with E-state index >= 15 is 0 Å². The number of benzene rings is 1. The second-order valence-electron chi connectivity index (χ2n) is 8.21. The zero-order valence-corrected chi connectivity index (χ0v) is 15.1. The number of ether oxygens (including phenoxy) is 3. The maximum absolute atomic E-state index is 12.4. The first kappa shape index (κ1) is 16.7. The van der Waals surface area contributed by atoms with E-state index < -0.39 is 0 Å². The van der Waals surface area contributed by atoms with Crippen molar-refractivity contribution < 1.29 is 19.0 Å². The number of rotatable bonds is 4. The lowest BCUT2D eigenvalue weighted by Gasteiger charge is -2.52. The molecule has 1 unspecified atom stereocenters. The minimum absolute atomic E-state index is 0.0311. The molecule has 3 aliphatic rings. The van der Waals surface area contributed by atoms with E-state index in [1.54, 1.807) is 0 Å². The Kier molecular flexibility index (Phi) is 4.14. The molecule has 1 spiro atoms. The second kappa shape index (κ2) is 6.20. The molecule has 5 nitrogen and oxygen atoms in total. The molecule has 1 aliphatic carbocycles. The van der Waals surface area contributed by atoms with Gasteiger partial charge in [-0.25, -0.2) is 0 Å². The van der Waals surface area contributed by atoms with Crippen LogP contribution >= 0.6 is 0 Å². The average Bonchev–Trinajstić information content (AvgIpc) is 2.92. The largest absolute Gasteiger partial charge is 0.483 e. The van der Waals surface area contributed by atoms with Crippen LogP contribution in [-0.4, -0.2) is 37.4 Å². The molecule has 4 rings (SSSR count). The average molecular weight is 345 g/mol. The molecular weight excluding hydrogens is 318 g/mol. The Labute approximate surface area is 149 Å². The summed E-state index contributed by atoms with van der Waals surface area (Å²) in [7, 11) is 0. The highest BCUT2D eigenvalue weighted by Crippen LogP contribution is 2.48. The van der Waals surface area contributed by atoms with Gasteiger partial charge in [0.2, 0.25) is 0 Å². The van der Waals surface area contributed by atoms with Gasteiger partial charge in [0.05, 0.1) is 0 Å². The van der Waals surface area contributed by atoms with Gasteiger partial charge in [0.1, 0.15) is 5.60 Å². The molecular formula is C20H27NO4. The van der Waals surface area contributed by atoms with Crippen molar-refractivity contribution in [1.29, 1.82) is 0 Å². The summed E-state index contributed by atoms with van der Waals surface area (Å²) < 4.78 is 17.2. The first-order valence-electron chi connectivity index (χ1n) is 9.28. The molecule has 25 heavy (non-hydrogen) atoms. The number of hydrogen-bond acceptors (Lipinski definition) is 4. The normalized spacial score (nSPS) is 25.6. The lowest BCUT2D eigenvalue weighted by Crippen LogP contribution is -2.57. The predicted octanol–water partition coefficient (Wildman–Crippen LogP) is 2.85. The van der Waals surface area contributed by atoms with Gasteiger partial charge in [0.15, 0.2) is 18.1 Å². The highest BCUT2D eigenvalue weighted by molar-refractivity contribution is 5.78. The Morgan fingerprint density at radius 2 is 2.08 bits per heavy atom. The van der Waals surface area contributed by atoms with Crippen LogP contribution in [0.25, 0.3) is 0 Å². The smallest absolute Gasteiger partial charge is 0.258 e. The van der Waals surface area contributed by atoms with Crippen LogP contribution in [0.4, 0.5) is 0 Å². The fourth-order valence-corrected chi connectivity index (χ4v) is 4.38. The minimum Gasteiger partial charge on any atom is -0.483 e. The minimum atomic E-state index is -0.217. The van der Waals surface area contributed by atoms with Crippen LogP contribution in [0, 0.1) is 5.41 Å². The summed E-state index contributed by atoms with van der Waals surface area (Å²) in [6.45, 7) is 5.78. The Morgan fingerprint density at radius 3 is 2.80 bits per heavy atom. The molecule has 1 N–H and O–H groups in total. The van der Waals surface area contributed by atoms with Gasteiger partial charge in [-0.1, -0.05) is 12.1 Å². The van der Waals surface area contributed by atoms with Crippen LogP contribution in [0.1, 0.15) is 45.1 Å². The first-order chi connectivity index (χ1) is 12.0. The highest BCUT2D eigenvalue weighted by atomic mass is 16.5. The Hall–Kier alpha value is -1.75. The summed E-state index contributed by atoms with van der Waals surface area (Å²) in [4.78, 5) is 12.4. The number of carbonyl (C=O) groups excluding carboxylic acids is 1. The molecule has 0 bridgehead atoms. The summed E-state index contributed by atoms with van der Waals surface area (Å²) >= 11 is 0. The van der Waals surface area contributed by atoms with Crippen molar-refractivity contribution in [3.05, 3.63) is 23.8 Å². The summed E-state index contributed by atoms with van der Waals surface area (Å²) in [6, 6.07) is 6.15. The quantitative estimate of drug-likeness (QED) is 0.912. The zero-order valence-electron chi connectivity index (χ0n) is 15.1. The first-order valence-corrected chi connectivity index (χ1v) is 9.28. The van der Waals surface area contributed by atoms with E-state index in [2.05, 4.69) is 25.2 Å². The zero-order chi connectivity index (χ0) is 17.5. The number of carbonyl (C=O) groups is 1. The maximum Gasteiger partial charge on any atom is 0.258 e. The third-order valence-corrected chi connectivity index (χ3v) is 5.91. The lowest BCUT2D eigenvalue weighted by atomic mass is 9.60. The Balaban J connectivity index is 1.34. The van der Waals surface area contributed by atoms with Crippen molar-refractivity contribution in [3.8, 4) is 11.5 Å². The summed E-state index contributed by atoms with van der Waals surface area (Å²) in [6.07, 6.45) is 5.21. The lowest BCUT2D eigenvalue weighted by molar-refractivity contribution is -0.129. The van der Waals surface area contributed by atoms with Crippen molar-refractivity contribution in [2.75, 3.05) is 19.8 Å². The van der Waals surface area contributed by atoms with Gasteiger partial charge in [-0.2, -0.15) is 0 Å². The fraction of sp³-hybridized carbons (Fsp3) is 0.650. The van der Waals surface area contributed by atoms with Gasteiger partial charge in [-0.15, -0.1) is 0 Å². The molecule has 1 aromatic rings. The predicted molar refractivity (Wildman–Crippen MR) is 94.0 cm³/mol. The standard InChI is InChI=1S/C20H27NO4/c1-19(2)12-14-4-3-5-15(18(14)25-19)24-13-17(22)21-16-6-7-20(16)8-10-23-11-9-20/h3-5,16H,6-13H2,1-2H3,(H,21,22). The molecule has 0 radical (unpaired) electrons. The number of para-hydroxylation sites is 1. The van der Waals surface area contributed by atoms with Crippen LogP contribution in [0.3, 0.4) is 0 Å². The van der Waals surface area contributed by atoms with Crippen LogP contribution in [0.5, 0.6) is 11.5 Å². The van der Waals surface area contributed by atoms with E-state index in [4.69, 9.17) is 14.2 Å². The third kappa shape index (κ3) is 3.22. The number of hydrogen-bond donors (Lipinski definition) is 1. The molecule has 5 heteroatoms. The van der Waals surface area contributed by atoms with Gasteiger partial charge in [-0.05, 0) is 51.0 Å². The molecule has 2 aliphatic heterocycles. The molecule has 1 saturated heterocycles. The van der Waals surface area contributed by atoms with Crippen LogP contribution < -0.4 is 14.8 Å². The molecule has 2 fully saturated rings. The Morgan fingerprint density at radius 1 is 1.28 bits per heavy atom. The van der Waals surface area contributed by atoms with Crippen LogP contribution in [0.2, 0.25) is 0 Å². The van der Waals surface area contributed by atoms with Crippen LogP contribution in [0.15, 0.2) is 18.2 Å². The summed E-state index contributed by atoms with van der Waals surface area (Å²) in [5.41, 5.74) is 1.18. The second-order valence-corrected chi connectivity index (χ2v) is 8.21. The fourth-order valence-electron chi connectivity index (χ4n) is 4.38. The number of fused-ring (bicyclic) bond motifs is 1. The Bertz CT molecular complexity index is 664. The van der Waals surface area contributed by atoms with E-state index in [-0.39, 0.29) is 29.6 Å². The van der Waals surface area contributed by atoms with Crippen molar-refractivity contribution in [2.24, 2.45) is 5.41 Å². The monoisotopic (exact) mass is 345 g/mol. The van der Waals surface area contributed by atoms with Crippen molar-refractivity contribution in [3.63, 3.8) is 0 Å². The SMILES string of the molecule is CC1(C)Cc2cccc(OCC(=O)NC3CCC34CCOCC4)c2O1. The van der Waals surface area contributed by atoms with Crippen molar-refractivity contribution in [1.82, 2.24) is 5.32 Å². The van der Waals surface area contributed by atoms with Gasteiger partial charge >= 0.3 is 0 Å². The van der Waals surface area contributed by atoms with Gasteiger partial charge < -0.3 is 19.5 Å². The topological polar surface area (TPSA) is 56.8 Å². The van der Waals surface area contributed by atoms with Crippen molar-refractivity contribution in [2.45, 2.75) is 57.6 Å². The number of amides is 1. The molecule has 1 atom stereocenters. The van der Waals surface area contributed by atoms with Gasteiger partial charge in [0.25, 0.3) is 5.91 Å². The summed E-state index contributed by atoms with van der Waals surface area (Å²) in [5.74, 6) is 1.39. The third-order valence-electron chi connectivity index (χ3n) is 5.91. The highest BCUT2D eigenvalue weighted by Gasteiger charge is 2.47. The van der Waals surface area contributed by atoms with Crippen LogP contribution in [-0.2, 0) is 16.0 Å². The van der Waals surface area contributed by atoms with E-state index in [0.29, 0.717) is 5.75 Å². The van der Waals surface area contributed by atoms with E-state index in [1.807, 2.05) is 12.1 Å².